The van der Waals surface area contributed by atoms with Gasteiger partial charge in [0.2, 0.25) is 0 Å². The lowest BCUT2D eigenvalue weighted by Crippen LogP contribution is -2.48. The van der Waals surface area contributed by atoms with Gasteiger partial charge in [0, 0.05) is 29.4 Å². The molecule has 0 aromatic carbocycles. The van der Waals surface area contributed by atoms with Crippen molar-refractivity contribution in [1.82, 2.24) is 20.6 Å². The molecular weight excluding hydrogens is 392 g/mol. The van der Waals surface area contributed by atoms with E-state index in [1.165, 1.54) is 12.3 Å². The van der Waals surface area contributed by atoms with Gasteiger partial charge in [-0.05, 0) is 49.5 Å². The van der Waals surface area contributed by atoms with Crippen LogP contribution in [0.15, 0.2) is 35.5 Å². The van der Waals surface area contributed by atoms with Crippen LogP contribution in [-0.2, 0) is 4.79 Å². The number of rotatable bonds is 5. The number of hydrogen-bond acceptors (Lipinski definition) is 5. The van der Waals surface area contributed by atoms with Crippen LogP contribution < -0.4 is 10.6 Å². The number of aromatic amines is 1. The molecule has 0 radical (unpaired) electrons. The van der Waals surface area contributed by atoms with Gasteiger partial charge in [0.25, 0.3) is 0 Å². The van der Waals surface area contributed by atoms with Gasteiger partial charge in [-0.15, -0.1) is 0 Å². The summed E-state index contributed by atoms with van der Waals surface area (Å²) in [5, 5.41) is 16.0. The Labute approximate surface area is 171 Å². The zero-order chi connectivity index (χ0) is 20.9. The molecule has 158 valence electrons. The molecule has 3 heterocycles. The van der Waals surface area contributed by atoms with Gasteiger partial charge in [0.15, 0.2) is 11.7 Å². The highest BCUT2D eigenvalue weighted by Gasteiger charge is 2.50. The molecule has 2 fully saturated rings. The van der Waals surface area contributed by atoms with Crippen molar-refractivity contribution in [3.8, 4) is 0 Å². The van der Waals surface area contributed by atoms with E-state index in [-0.39, 0.29) is 23.7 Å². The molecule has 9 heteroatoms. The predicted molar refractivity (Wildman–Crippen MR) is 107 cm³/mol. The van der Waals surface area contributed by atoms with Crippen molar-refractivity contribution in [3.05, 3.63) is 41.9 Å². The topological polar surface area (TPSA) is 102 Å². The van der Waals surface area contributed by atoms with Crippen LogP contribution in [0.4, 0.5) is 8.78 Å². The number of carboxylic acids is 1. The normalized spacial score (nSPS) is 28.7. The van der Waals surface area contributed by atoms with Gasteiger partial charge in [-0.25, -0.2) is 18.8 Å². The number of nitrogens with one attached hydrogen (secondary N) is 3. The Hall–Kier alpha value is -2.97. The van der Waals surface area contributed by atoms with Crippen LogP contribution in [0.5, 0.6) is 0 Å². The van der Waals surface area contributed by atoms with Crippen LogP contribution in [0.2, 0.25) is 0 Å². The van der Waals surface area contributed by atoms with Gasteiger partial charge in [-0.3, -0.25) is 4.79 Å². The maximum Gasteiger partial charge on any atom is 0.305 e. The predicted octanol–water partition coefficient (Wildman–Crippen LogP) is 3.53. The van der Waals surface area contributed by atoms with Gasteiger partial charge >= 0.3 is 5.97 Å². The summed E-state index contributed by atoms with van der Waals surface area (Å²) < 4.78 is 28.3. The number of carboxylic acid groups (broad SMARTS) is 1. The summed E-state index contributed by atoms with van der Waals surface area (Å²) in [7, 11) is 0. The molecule has 0 spiro atoms. The molecule has 2 aromatic rings. The van der Waals surface area contributed by atoms with Crippen LogP contribution in [0.3, 0.4) is 0 Å². The second-order valence-corrected chi connectivity index (χ2v) is 8.64. The summed E-state index contributed by atoms with van der Waals surface area (Å²) in [6, 6.07) is 0.970. The van der Waals surface area contributed by atoms with Crippen LogP contribution in [0, 0.1) is 17.2 Å². The first-order valence-corrected chi connectivity index (χ1v) is 10.2. The number of pyridine rings is 1. The van der Waals surface area contributed by atoms with Crippen molar-refractivity contribution in [3.63, 3.8) is 0 Å². The second-order valence-electron chi connectivity index (χ2n) is 8.64. The zero-order valence-electron chi connectivity index (χ0n) is 16.3. The van der Waals surface area contributed by atoms with Crippen molar-refractivity contribution in [2.45, 2.75) is 50.7 Å². The Morgan fingerprint density at radius 2 is 2.17 bits per heavy atom. The number of aromatic nitrogens is 2. The molecule has 30 heavy (non-hydrogen) atoms. The van der Waals surface area contributed by atoms with Gasteiger partial charge in [-0.2, -0.15) is 0 Å². The Balaban J connectivity index is 1.45. The first-order chi connectivity index (χ1) is 14.4. The maximum absolute atomic E-state index is 14.6. The lowest BCUT2D eigenvalue weighted by atomic mass is 9.76. The molecule has 7 nitrogen and oxygen atoms in total. The summed E-state index contributed by atoms with van der Waals surface area (Å²) >= 11 is 0. The second kappa shape index (κ2) is 7.07. The van der Waals surface area contributed by atoms with Gasteiger partial charge in [0.05, 0.1) is 12.6 Å². The molecule has 2 atom stereocenters. The minimum atomic E-state index is -0.911. The van der Waals surface area contributed by atoms with Crippen molar-refractivity contribution in [2.24, 2.45) is 16.3 Å². The summed E-state index contributed by atoms with van der Waals surface area (Å²) in [6.07, 6.45) is 8.36. The molecule has 2 bridgehead atoms. The largest absolute Gasteiger partial charge is 0.481 e. The third kappa shape index (κ3) is 3.22. The Kier molecular flexibility index (Phi) is 4.48. The molecule has 2 aromatic heterocycles. The first kappa shape index (κ1) is 19.0. The highest BCUT2D eigenvalue weighted by molar-refractivity contribution is 5.97. The molecule has 0 amide bonds. The molecule has 4 N–H and O–H groups in total. The number of aliphatic imine (C=N–C) groups is 1. The van der Waals surface area contributed by atoms with E-state index in [9.17, 15) is 18.7 Å². The number of halogens is 2. The molecule has 2 saturated carbocycles. The molecule has 3 aliphatic rings. The van der Waals surface area contributed by atoms with Crippen molar-refractivity contribution < 1.29 is 18.7 Å². The van der Waals surface area contributed by atoms with Crippen LogP contribution >= 0.6 is 0 Å². The average molecular weight is 415 g/mol. The third-order valence-corrected chi connectivity index (χ3v) is 6.90. The van der Waals surface area contributed by atoms with Crippen LogP contribution in [-0.4, -0.2) is 32.9 Å². The SMILES string of the molecule is O=C(O)CC(NC1=NC(c2c[nH]c3ncc(F)cc23)NC=C1F)C12CCC(CC1)C2. The van der Waals surface area contributed by atoms with E-state index >= 15 is 0 Å². The third-order valence-electron chi connectivity index (χ3n) is 6.90. The number of H-pyrrole nitrogens is 1. The van der Waals surface area contributed by atoms with E-state index in [4.69, 9.17) is 0 Å². The van der Waals surface area contributed by atoms with E-state index in [1.54, 1.807) is 6.20 Å². The molecule has 2 unspecified atom stereocenters. The van der Waals surface area contributed by atoms with Gasteiger partial charge in [-0.1, -0.05) is 0 Å². The smallest absolute Gasteiger partial charge is 0.305 e. The van der Waals surface area contributed by atoms with Crippen LogP contribution in [0.25, 0.3) is 11.0 Å². The number of nitrogens with zero attached hydrogens (tertiary/aromatic N) is 2. The van der Waals surface area contributed by atoms with Crippen LogP contribution in [0.1, 0.15) is 50.3 Å². The Bertz CT molecular complexity index is 1050. The van der Waals surface area contributed by atoms with E-state index in [0.717, 1.165) is 38.3 Å². The lowest BCUT2D eigenvalue weighted by molar-refractivity contribution is -0.138. The van der Waals surface area contributed by atoms with Gasteiger partial charge in [0.1, 0.15) is 17.6 Å². The number of amidine groups is 1. The summed E-state index contributed by atoms with van der Waals surface area (Å²) in [4.78, 5) is 23.0. The Morgan fingerprint density at radius 1 is 1.37 bits per heavy atom. The molecular formula is C21H23F2N5O2. The van der Waals surface area contributed by atoms with Crippen molar-refractivity contribution >= 4 is 22.8 Å². The monoisotopic (exact) mass is 415 g/mol. The summed E-state index contributed by atoms with van der Waals surface area (Å²) in [6.45, 7) is 0. The fourth-order valence-electron chi connectivity index (χ4n) is 5.43. The van der Waals surface area contributed by atoms with E-state index in [1.807, 2.05) is 0 Å². The van der Waals surface area contributed by atoms with E-state index in [2.05, 4.69) is 25.6 Å². The average Bonchev–Trinajstić information content (AvgIpc) is 3.43. The number of carbonyl (C=O) groups is 1. The standard InChI is InChI=1S/C21H23F2N5O2/c22-12-5-13-14(9-25-18(13)24-8-12)19-26-10-15(23)20(28-19)27-16(6-17(29)30)21-3-1-11(7-21)2-4-21/h5,8-11,16,19,26H,1-4,6-7H2,(H,24,25)(H,27,28)(H,29,30). The highest BCUT2D eigenvalue weighted by atomic mass is 19.1. The maximum atomic E-state index is 14.6. The highest BCUT2D eigenvalue weighted by Crippen LogP contribution is 2.56. The zero-order valence-corrected chi connectivity index (χ0v) is 16.3. The van der Waals surface area contributed by atoms with Crippen molar-refractivity contribution in [2.75, 3.05) is 0 Å². The molecule has 0 saturated heterocycles. The minimum Gasteiger partial charge on any atom is -0.481 e. The first-order valence-electron chi connectivity index (χ1n) is 10.2. The summed E-state index contributed by atoms with van der Waals surface area (Å²) in [5.41, 5.74) is 1.02. The lowest BCUT2D eigenvalue weighted by Gasteiger charge is -2.37. The number of hydrogen-bond donors (Lipinski definition) is 4. The molecule has 2 aliphatic carbocycles. The number of fused-ring (bicyclic) bond motifs is 3. The Morgan fingerprint density at radius 3 is 2.87 bits per heavy atom. The minimum absolute atomic E-state index is 0.0356. The molecule has 5 rings (SSSR count). The fraction of sp³-hybridized carbons (Fsp3) is 0.476. The van der Waals surface area contributed by atoms with Gasteiger partial charge < -0.3 is 20.7 Å². The molecule has 1 aliphatic heterocycles. The fourth-order valence-corrected chi connectivity index (χ4v) is 5.43. The van der Waals surface area contributed by atoms with E-state index < -0.39 is 23.8 Å². The summed E-state index contributed by atoms with van der Waals surface area (Å²) in [5.74, 6) is -1.28. The quantitative estimate of drug-likeness (QED) is 0.598. The van der Waals surface area contributed by atoms with Crippen molar-refractivity contribution in [1.29, 1.82) is 0 Å². The van der Waals surface area contributed by atoms with E-state index in [0.29, 0.717) is 22.5 Å². The number of aliphatic carboxylic acids is 1.